The second-order valence-corrected chi connectivity index (χ2v) is 5.99. The Bertz CT molecular complexity index is 747. The van der Waals surface area contributed by atoms with E-state index in [1.807, 2.05) is 0 Å². The van der Waals surface area contributed by atoms with Crippen LogP contribution in [0.4, 0.5) is 4.39 Å². The van der Waals surface area contributed by atoms with Crippen molar-refractivity contribution >= 4 is 64.0 Å². The van der Waals surface area contributed by atoms with Gasteiger partial charge >= 0.3 is 5.97 Å². The molecule has 0 amide bonds. The van der Waals surface area contributed by atoms with Crippen LogP contribution < -0.4 is 0 Å². The van der Waals surface area contributed by atoms with Gasteiger partial charge in [0.1, 0.15) is 11.4 Å². The molecular weight excluding hydrogens is 396 g/mol. The van der Waals surface area contributed by atoms with Crippen LogP contribution in [0.5, 0.6) is 0 Å². The number of rotatable bonds is 2. The smallest absolute Gasteiger partial charge is 0.341 e. The van der Waals surface area contributed by atoms with Crippen LogP contribution in [0.1, 0.15) is 10.4 Å². The van der Waals surface area contributed by atoms with Gasteiger partial charge in [-0.15, -0.1) is 0 Å². The lowest BCUT2D eigenvalue weighted by molar-refractivity contribution is 0.0596. The highest BCUT2D eigenvalue weighted by Gasteiger charge is 2.26. The third-order valence-electron chi connectivity index (χ3n) is 2.88. The monoisotopic (exact) mass is 400 g/mol. The Kier molecular flexibility index (Phi) is 5.46. The third kappa shape index (κ3) is 2.89. The van der Waals surface area contributed by atoms with Crippen molar-refractivity contribution in [2.24, 2.45) is 0 Å². The summed E-state index contributed by atoms with van der Waals surface area (Å²) in [6, 6.07) is 3.94. The highest BCUT2D eigenvalue weighted by atomic mass is 35.5. The molecule has 2 aromatic carbocycles. The van der Waals surface area contributed by atoms with E-state index < -0.39 is 11.8 Å². The molecule has 2 nitrogen and oxygen atoms in total. The van der Waals surface area contributed by atoms with E-state index >= 15 is 0 Å². The second kappa shape index (κ2) is 6.81. The lowest BCUT2D eigenvalue weighted by atomic mass is 9.99. The summed E-state index contributed by atoms with van der Waals surface area (Å²) in [5.74, 6) is -1.68. The zero-order chi connectivity index (χ0) is 16.6. The molecule has 0 radical (unpaired) electrons. The number of carbonyl (C=O) groups excluding carboxylic acids is 1. The van der Waals surface area contributed by atoms with Crippen LogP contribution in [-0.2, 0) is 4.74 Å². The van der Waals surface area contributed by atoms with Crippen molar-refractivity contribution < 1.29 is 13.9 Å². The summed E-state index contributed by atoms with van der Waals surface area (Å²) in [6.07, 6.45) is 0. The highest BCUT2D eigenvalue weighted by molar-refractivity contribution is 6.56. The Morgan fingerprint density at radius 3 is 1.95 bits per heavy atom. The minimum atomic E-state index is -0.887. The van der Waals surface area contributed by atoms with Gasteiger partial charge in [-0.3, -0.25) is 0 Å². The predicted octanol–water partition coefficient (Wildman–Crippen LogP) is 6.55. The average molecular weight is 402 g/mol. The van der Waals surface area contributed by atoms with E-state index in [1.54, 1.807) is 0 Å². The van der Waals surface area contributed by atoms with E-state index in [0.717, 1.165) is 13.2 Å². The Hall–Kier alpha value is -0.710. The summed E-state index contributed by atoms with van der Waals surface area (Å²) in [5.41, 5.74) is -0.131. The van der Waals surface area contributed by atoms with Crippen LogP contribution >= 0.6 is 58.0 Å². The van der Waals surface area contributed by atoms with E-state index in [0.29, 0.717) is 0 Å². The van der Waals surface area contributed by atoms with E-state index in [-0.39, 0.29) is 41.8 Å². The maximum Gasteiger partial charge on any atom is 0.341 e. The molecule has 0 bridgehead atoms. The molecule has 0 aromatic heterocycles. The highest BCUT2D eigenvalue weighted by Crippen LogP contribution is 2.49. The van der Waals surface area contributed by atoms with Crippen LogP contribution in [0.15, 0.2) is 18.2 Å². The largest absolute Gasteiger partial charge is 0.465 e. The molecule has 0 saturated carbocycles. The van der Waals surface area contributed by atoms with Crippen molar-refractivity contribution in [3.05, 3.63) is 54.7 Å². The van der Waals surface area contributed by atoms with Gasteiger partial charge in [0.2, 0.25) is 0 Å². The number of benzene rings is 2. The lowest BCUT2D eigenvalue weighted by Gasteiger charge is -2.15. The molecule has 0 heterocycles. The molecule has 0 unspecified atom stereocenters. The zero-order valence-electron chi connectivity index (χ0n) is 10.8. The molecule has 0 fully saturated rings. The molecule has 2 aromatic rings. The first kappa shape index (κ1) is 17.6. The summed E-state index contributed by atoms with van der Waals surface area (Å²) in [6.45, 7) is 0. The Labute approximate surface area is 150 Å². The number of carbonyl (C=O) groups is 1. The van der Waals surface area contributed by atoms with Gasteiger partial charge in [0, 0.05) is 11.1 Å². The number of esters is 1. The Morgan fingerprint density at radius 1 is 0.955 bits per heavy atom. The zero-order valence-corrected chi connectivity index (χ0v) is 14.6. The van der Waals surface area contributed by atoms with Gasteiger partial charge in [-0.1, -0.05) is 70.1 Å². The summed E-state index contributed by atoms with van der Waals surface area (Å²) in [5, 5.41) is -0.215. The van der Waals surface area contributed by atoms with Crippen molar-refractivity contribution in [1.29, 1.82) is 0 Å². The molecule has 0 saturated heterocycles. The van der Waals surface area contributed by atoms with Crippen molar-refractivity contribution in [1.82, 2.24) is 0 Å². The van der Waals surface area contributed by atoms with Crippen LogP contribution in [0.2, 0.25) is 25.1 Å². The molecule has 0 N–H and O–H groups in total. The van der Waals surface area contributed by atoms with Gasteiger partial charge < -0.3 is 4.74 Å². The summed E-state index contributed by atoms with van der Waals surface area (Å²) >= 11 is 30.2. The van der Waals surface area contributed by atoms with Gasteiger partial charge in [0.15, 0.2) is 0 Å². The first-order valence-electron chi connectivity index (χ1n) is 5.69. The van der Waals surface area contributed by atoms with Gasteiger partial charge in [0.05, 0.1) is 32.2 Å². The fraction of sp³-hybridized carbons (Fsp3) is 0.0714. The van der Waals surface area contributed by atoms with Crippen molar-refractivity contribution in [2.45, 2.75) is 0 Å². The van der Waals surface area contributed by atoms with E-state index in [4.69, 9.17) is 58.0 Å². The van der Waals surface area contributed by atoms with Crippen molar-refractivity contribution in [2.75, 3.05) is 7.11 Å². The lowest BCUT2D eigenvalue weighted by Crippen LogP contribution is -2.07. The molecule has 0 aliphatic rings. The SMILES string of the molecule is COC(=O)c1c(F)cccc1-c1c(Cl)c(Cl)c(Cl)c(Cl)c1Cl. The number of halogens is 6. The topological polar surface area (TPSA) is 26.3 Å². The third-order valence-corrected chi connectivity index (χ3v) is 5.16. The molecule has 0 spiro atoms. The Morgan fingerprint density at radius 2 is 1.45 bits per heavy atom. The van der Waals surface area contributed by atoms with Crippen molar-refractivity contribution in [3.63, 3.8) is 0 Å². The summed E-state index contributed by atoms with van der Waals surface area (Å²) in [4.78, 5) is 11.8. The molecule has 0 aliphatic heterocycles. The first-order chi connectivity index (χ1) is 10.3. The fourth-order valence-corrected chi connectivity index (χ4v) is 3.23. The minimum Gasteiger partial charge on any atom is -0.465 e. The van der Waals surface area contributed by atoms with Gasteiger partial charge in [-0.25, -0.2) is 9.18 Å². The number of hydrogen-bond donors (Lipinski definition) is 0. The molecular formula is C14H6Cl5FO2. The number of hydrogen-bond acceptors (Lipinski definition) is 2. The van der Waals surface area contributed by atoms with Crippen LogP contribution in [0.3, 0.4) is 0 Å². The van der Waals surface area contributed by atoms with Gasteiger partial charge in [-0.2, -0.15) is 0 Å². The quantitative estimate of drug-likeness (QED) is 0.324. The Balaban J connectivity index is 2.90. The second-order valence-electron chi connectivity index (χ2n) is 4.10. The number of ether oxygens (including phenoxy) is 1. The fourth-order valence-electron chi connectivity index (χ4n) is 1.88. The standard InChI is InChI=1S/C14H6Cl5FO2/c1-22-14(21)7-5(3-2-4-6(7)20)8-9(15)11(17)13(19)12(18)10(8)16/h2-4H,1H3. The maximum atomic E-state index is 14.0. The molecule has 8 heteroatoms. The molecule has 0 atom stereocenters. The summed E-state index contributed by atoms with van der Waals surface area (Å²) in [7, 11) is 1.13. The van der Waals surface area contributed by atoms with E-state index in [1.165, 1.54) is 12.1 Å². The van der Waals surface area contributed by atoms with Crippen molar-refractivity contribution in [3.8, 4) is 11.1 Å². The van der Waals surface area contributed by atoms with Gasteiger partial charge in [0.25, 0.3) is 0 Å². The predicted molar refractivity (Wildman–Crippen MR) is 88.2 cm³/mol. The van der Waals surface area contributed by atoms with Crippen LogP contribution in [0.25, 0.3) is 11.1 Å². The molecule has 2 rings (SSSR count). The first-order valence-corrected chi connectivity index (χ1v) is 7.58. The van der Waals surface area contributed by atoms with E-state index in [9.17, 15) is 9.18 Å². The molecule has 116 valence electrons. The average Bonchev–Trinajstić information content (AvgIpc) is 2.50. The summed E-state index contributed by atoms with van der Waals surface area (Å²) < 4.78 is 18.6. The van der Waals surface area contributed by atoms with Crippen LogP contribution in [-0.4, -0.2) is 13.1 Å². The van der Waals surface area contributed by atoms with Gasteiger partial charge in [-0.05, 0) is 6.07 Å². The minimum absolute atomic E-state index is 0.0295. The molecule has 0 aliphatic carbocycles. The number of methoxy groups -OCH3 is 1. The molecule has 22 heavy (non-hydrogen) atoms. The van der Waals surface area contributed by atoms with Crippen LogP contribution in [0, 0.1) is 5.82 Å². The maximum absolute atomic E-state index is 14.0. The normalized spacial score (nSPS) is 10.7. The van der Waals surface area contributed by atoms with E-state index in [2.05, 4.69) is 4.74 Å².